The second-order valence-corrected chi connectivity index (χ2v) is 10.8. The molecule has 0 spiro atoms. The molecule has 0 saturated heterocycles. The van der Waals surface area contributed by atoms with Gasteiger partial charge in [-0.05, 0) is 67.1 Å². The second-order valence-electron chi connectivity index (χ2n) is 8.52. The van der Waals surface area contributed by atoms with Crippen molar-refractivity contribution in [2.45, 2.75) is 23.3 Å². The van der Waals surface area contributed by atoms with Gasteiger partial charge in [0.2, 0.25) is 9.84 Å². The van der Waals surface area contributed by atoms with Crippen LogP contribution in [0.4, 0.5) is 11.4 Å². The Balaban J connectivity index is 1.64. The lowest BCUT2D eigenvalue weighted by atomic mass is 10.1. The van der Waals surface area contributed by atoms with E-state index in [0.717, 1.165) is 5.56 Å². The molecule has 8 heteroatoms. The summed E-state index contributed by atoms with van der Waals surface area (Å²) in [5, 5.41) is 3.31. The first-order valence-electron chi connectivity index (χ1n) is 11.2. The fourth-order valence-electron chi connectivity index (χ4n) is 4.16. The molecule has 0 unspecified atom stereocenters. The standard InChI is InChI=1S/C28H21ClN2O4S/c1-18-9-12-22(13-10-18)30-27(32)20-11-14-26-24(16-20)31(17-19-5-4-6-21(29)15-19)28(33)23-7-2-3-8-25(23)36(26,34)35/h2-16H,17H2,1H3,(H,30,32). The summed E-state index contributed by atoms with van der Waals surface area (Å²) in [6, 6.07) is 24.7. The van der Waals surface area contributed by atoms with Crippen molar-refractivity contribution >= 4 is 44.6 Å². The molecule has 1 aliphatic rings. The van der Waals surface area contributed by atoms with E-state index < -0.39 is 21.7 Å². The number of amides is 2. The van der Waals surface area contributed by atoms with Gasteiger partial charge in [0.1, 0.15) is 0 Å². The van der Waals surface area contributed by atoms with Crippen molar-refractivity contribution < 1.29 is 18.0 Å². The van der Waals surface area contributed by atoms with Gasteiger partial charge in [0, 0.05) is 16.3 Å². The highest BCUT2D eigenvalue weighted by molar-refractivity contribution is 7.91. The van der Waals surface area contributed by atoms with E-state index in [4.69, 9.17) is 11.6 Å². The number of hydrogen-bond donors (Lipinski definition) is 1. The number of benzene rings is 4. The van der Waals surface area contributed by atoms with Crippen LogP contribution in [0.1, 0.15) is 31.8 Å². The van der Waals surface area contributed by atoms with E-state index >= 15 is 0 Å². The molecule has 36 heavy (non-hydrogen) atoms. The number of rotatable bonds is 4. The van der Waals surface area contributed by atoms with E-state index in [9.17, 15) is 18.0 Å². The highest BCUT2D eigenvalue weighted by atomic mass is 35.5. The molecule has 6 nitrogen and oxygen atoms in total. The van der Waals surface area contributed by atoms with E-state index in [0.29, 0.717) is 16.3 Å². The number of hydrogen-bond acceptors (Lipinski definition) is 4. The lowest BCUT2D eigenvalue weighted by molar-refractivity contribution is 0.0979. The predicted molar refractivity (Wildman–Crippen MR) is 139 cm³/mol. The van der Waals surface area contributed by atoms with E-state index in [-0.39, 0.29) is 33.2 Å². The predicted octanol–water partition coefficient (Wildman–Crippen LogP) is 5.89. The Morgan fingerprint density at radius 1 is 0.889 bits per heavy atom. The molecule has 1 N–H and O–H groups in total. The highest BCUT2D eigenvalue weighted by Gasteiger charge is 2.36. The number of fused-ring (bicyclic) bond motifs is 2. The van der Waals surface area contributed by atoms with E-state index in [1.165, 1.54) is 35.2 Å². The van der Waals surface area contributed by atoms with Gasteiger partial charge in [-0.1, -0.05) is 53.6 Å². The molecule has 4 aromatic rings. The Labute approximate surface area is 214 Å². The number of carbonyl (C=O) groups is 2. The molecule has 5 rings (SSSR count). The normalized spacial score (nSPS) is 13.9. The zero-order chi connectivity index (χ0) is 25.4. The van der Waals surface area contributed by atoms with E-state index in [1.807, 2.05) is 19.1 Å². The Morgan fingerprint density at radius 3 is 2.39 bits per heavy atom. The maximum atomic E-state index is 13.7. The summed E-state index contributed by atoms with van der Waals surface area (Å²) in [6.07, 6.45) is 0. The molecule has 0 aliphatic carbocycles. The Kier molecular flexibility index (Phi) is 6.12. The van der Waals surface area contributed by atoms with Gasteiger partial charge in [-0.25, -0.2) is 8.42 Å². The van der Waals surface area contributed by atoms with Crippen molar-refractivity contribution in [2.75, 3.05) is 10.2 Å². The zero-order valence-electron chi connectivity index (χ0n) is 19.2. The molecular weight excluding hydrogens is 496 g/mol. The SMILES string of the molecule is Cc1ccc(NC(=O)c2ccc3c(c2)N(Cc2cccc(Cl)c2)C(=O)c2ccccc2S3(=O)=O)cc1. The summed E-state index contributed by atoms with van der Waals surface area (Å²) < 4.78 is 27.2. The van der Waals surface area contributed by atoms with Gasteiger partial charge < -0.3 is 10.2 Å². The first-order chi connectivity index (χ1) is 17.2. The molecule has 1 heterocycles. The molecule has 0 fully saturated rings. The van der Waals surface area contributed by atoms with Crippen LogP contribution in [0.25, 0.3) is 0 Å². The smallest absolute Gasteiger partial charge is 0.259 e. The number of nitrogens with zero attached hydrogens (tertiary/aromatic N) is 1. The molecule has 0 atom stereocenters. The van der Waals surface area contributed by atoms with Crippen molar-refractivity contribution in [1.29, 1.82) is 0 Å². The number of halogens is 1. The van der Waals surface area contributed by atoms with Crippen LogP contribution in [0.3, 0.4) is 0 Å². The monoisotopic (exact) mass is 516 g/mol. The third kappa shape index (κ3) is 4.39. The molecular formula is C28H21ClN2O4S. The summed E-state index contributed by atoms with van der Waals surface area (Å²) >= 11 is 6.16. The fourth-order valence-corrected chi connectivity index (χ4v) is 6.01. The third-order valence-electron chi connectivity index (χ3n) is 5.99. The van der Waals surface area contributed by atoms with E-state index in [2.05, 4.69) is 5.32 Å². The van der Waals surface area contributed by atoms with Crippen molar-refractivity contribution in [2.24, 2.45) is 0 Å². The Hall–Kier alpha value is -3.94. The Morgan fingerprint density at radius 2 is 1.64 bits per heavy atom. The first kappa shape index (κ1) is 23.8. The topological polar surface area (TPSA) is 83.6 Å². The number of anilines is 2. The number of sulfone groups is 1. The van der Waals surface area contributed by atoms with Gasteiger partial charge in [-0.2, -0.15) is 0 Å². The summed E-state index contributed by atoms with van der Waals surface area (Å²) in [7, 11) is -4.03. The maximum Gasteiger partial charge on any atom is 0.259 e. The lowest BCUT2D eigenvalue weighted by Crippen LogP contribution is -2.30. The summed E-state index contributed by atoms with van der Waals surface area (Å²) in [5.41, 5.74) is 2.80. The Bertz CT molecular complexity index is 1620. The van der Waals surface area contributed by atoms with Crippen LogP contribution >= 0.6 is 11.6 Å². The average Bonchev–Trinajstić information content (AvgIpc) is 2.93. The van der Waals surface area contributed by atoms with Gasteiger partial charge >= 0.3 is 0 Å². The van der Waals surface area contributed by atoms with Crippen LogP contribution in [-0.2, 0) is 16.4 Å². The van der Waals surface area contributed by atoms with Gasteiger partial charge in [-0.15, -0.1) is 0 Å². The molecule has 0 saturated carbocycles. The molecule has 0 bridgehead atoms. The van der Waals surface area contributed by atoms with Gasteiger partial charge in [0.25, 0.3) is 11.8 Å². The average molecular weight is 517 g/mol. The van der Waals surface area contributed by atoms with Crippen LogP contribution in [-0.4, -0.2) is 20.2 Å². The highest BCUT2D eigenvalue weighted by Crippen LogP contribution is 2.38. The van der Waals surface area contributed by atoms with Gasteiger partial charge in [-0.3, -0.25) is 9.59 Å². The van der Waals surface area contributed by atoms with Crippen LogP contribution in [0.5, 0.6) is 0 Å². The molecule has 4 aromatic carbocycles. The maximum absolute atomic E-state index is 13.7. The molecule has 0 aromatic heterocycles. The van der Waals surface area contributed by atoms with Crippen molar-refractivity contribution in [3.05, 3.63) is 118 Å². The summed E-state index contributed by atoms with van der Waals surface area (Å²) in [6.45, 7) is 2.02. The summed E-state index contributed by atoms with van der Waals surface area (Å²) in [5.74, 6) is -0.903. The number of aryl methyl sites for hydroxylation is 1. The van der Waals surface area contributed by atoms with Crippen LogP contribution in [0, 0.1) is 6.92 Å². The largest absolute Gasteiger partial charge is 0.322 e. The molecule has 0 radical (unpaired) electrons. The fraction of sp³-hybridized carbons (Fsp3) is 0.0714. The summed E-state index contributed by atoms with van der Waals surface area (Å²) in [4.78, 5) is 28.0. The van der Waals surface area contributed by atoms with Crippen LogP contribution in [0.2, 0.25) is 5.02 Å². The van der Waals surface area contributed by atoms with Gasteiger partial charge in [0.05, 0.1) is 27.6 Å². The minimum atomic E-state index is -4.03. The second kappa shape index (κ2) is 9.26. The number of carbonyl (C=O) groups excluding carboxylic acids is 2. The third-order valence-corrected chi connectivity index (χ3v) is 8.09. The molecule has 2 amide bonds. The number of nitrogens with one attached hydrogen (secondary N) is 1. The van der Waals surface area contributed by atoms with Crippen LogP contribution in [0.15, 0.2) is 101 Å². The van der Waals surface area contributed by atoms with Crippen molar-refractivity contribution in [1.82, 2.24) is 0 Å². The quantitative estimate of drug-likeness (QED) is 0.366. The minimum absolute atomic E-state index is 0.0466. The van der Waals surface area contributed by atoms with Crippen molar-refractivity contribution in [3.63, 3.8) is 0 Å². The zero-order valence-corrected chi connectivity index (χ0v) is 20.8. The van der Waals surface area contributed by atoms with Gasteiger partial charge in [0.15, 0.2) is 0 Å². The minimum Gasteiger partial charge on any atom is -0.322 e. The first-order valence-corrected chi connectivity index (χ1v) is 13.0. The molecule has 1 aliphatic heterocycles. The van der Waals surface area contributed by atoms with E-state index in [1.54, 1.807) is 48.5 Å². The van der Waals surface area contributed by atoms with Crippen LogP contribution < -0.4 is 10.2 Å². The molecule has 180 valence electrons. The lowest BCUT2D eigenvalue weighted by Gasteiger charge is -2.23. The van der Waals surface area contributed by atoms with Crippen molar-refractivity contribution in [3.8, 4) is 0 Å².